The molecule has 0 saturated heterocycles. The van der Waals surface area contributed by atoms with Gasteiger partial charge in [-0.25, -0.2) is 0 Å². The average Bonchev–Trinajstić information content (AvgIpc) is 2.56. The molecule has 24 heavy (non-hydrogen) atoms. The third-order valence-electron chi connectivity index (χ3n) is 2.98. The van der Waals surface area contributed by atoms with Crippen molar-refractivity contribution in [2.45, 2.75) is 13.5 Å². The largest absolute Gasteiger partial charge is 0.488 e. The summed E-state index contributed by atoms with van der Waals surface area (Å²) in [6, 6.07) is 13.5. The fraction of sp³-hybridized carbons (Fsp3) is 0.176. The number of hydrogen-bond acceptors (Lipinski definition) is 3. The first-order valence-corrected chi connectivity index (χ1v) is 9.18. The molecule has 126 valence electrons. The van der Waals surface area contributed by atoms with Crippen molar-refractivity contribution >= 4 is 57.7 Å². The van der Waals surface area contributed by atoms with Crippen molar-refractivity contribution in [3.05, 3.63) is 62.2 Å². The van der Waals surface area contributed by atoms with Crippen molar-refractivity contribution in [2.75, 3.05) is 6.54 Å². The summed E-state index contributed by atoms with van der Waals surface area (Å²) < 4.78 is 6.86. The second kappa shape index (κ2) is 9.80. The SMILES string of the molecule is CCNC(=S)N/N=C\c1ccc(OCc2ccc(Cl)cc2)c(I)c1. The normalized spacial score (nSPS) is 10.6. The molecule has 2 aromatic rings. The summed E-state index contributed by atoms with van der Waals surface area (Å²) in [5, 5.41) is 8.29. The first-order valence-electron chi connectivity index (χ1n) is 7.32. The number of ether oxygens (including phenoxy) is 1. The lowest BCUT2D eigenvalue weighted by Gasteiger charge is -2.09. The number of nitrogens with zero attached hydrogens (tertiary/aromatic N) is 1. The van der Waals surface area contributed by atoms with E-state index >= 15 is 0 Å². The molecule has 0 saturated carbocycles. The van der Waals surface area contributed by atoms with Crippen LogP contribution in [0.25, 0.3) is 0 Å². The predicted octanol–water partition coefficient (Wildman–Crippen LogP) is 4.34. The van der Waals surface area contributed by atoms with E-state index in [0.717, 1.165) is 32.0 Å². The highest BCUT2D eigenvalue weighted by atomic mass is 127. The van der Waals surface area contributed by atoms with Gasteiger partial charge in [-0.1, -0.05) is 23.7 Å². The third-order valence-corrected chi connectivity index (χ3v) is 4.31. The molecule has 0 heterocycles. The van der Waals surface area contributed by atoms with Gasteiger partial charge in [0.1, 0.15) is 12.4 Å². The Balaban J connectivity index is 1.92. The summed E-state index contributed by atoms with van der Waals surface area (Å²) in [5.74, 6) is 0.832. The Morgan fingerprint density at radius 1 is 1.29 bits per heavy atom. The van der Waals surface area contributed by atoms with Crippen LogP contribution in [0.5, 0.6) is 5.75 Å². The van der Waals surface area contributed by atoms with Crippen LogP contribution in [0.4, 0.5) is 0 Å². The first kappa shape index (κ1) is 19.0. The molecule has 0 aliphatic rings. The molecule has 0 spiro atoms. The van der Waals surface area contributed by atoms with E-state index < -0.39 is 0 Å². The molecule has 0 aromatic heterocycles. The van der Waals surface area contributed by atoms with Gasteiger partial charge in [-0.05, 0) is 83.2 Å². The van der Waals surface area contributed by atoms with Crippen molar-refractivity contribution < 1.29 is 4.74 Å². The molecule has 7 heteroatoms. The second-order valence-corrected chi connectivity index (χ2v) is 6.84. The number of hydrogen-bond donors (Lipinski definition) is 2. The number of benzene rings is 2. The van der Waals surface area contributed by atoms with Gasteiger partial charge in [-0.3, -0.25) is 5.43 Å². The van der Waals surface area contributed by atoms with E-state index in [2.05, 4.69) is 38.4 Å². The maximum atomic E-state index is 5.88. The zero-order valence-corrected chi connectivity index (χ0v) is 16.8. The van der Waals surface area contributed by atoms with E-state index in [9.17, 15) is 0 Å². The molecule has 0 bridgehead atoms. The Hall–Kier alpha value is -1.38. The van der Waals surface area contributed by atoms with Crippen LogP contribution in [0, 0.1) is 3.57 Å². The fourth-order valence-corrected chi connectivity index (χ4v) is 2.84. The zero-order valence-electron chi connectivity index (χ0n) is 13.1. The van der Waals surface area contributed by atoms with Gasteiger partial charge in [-0.15, -0.1) is 0 Å². The Kier molecular flexibility index (Phi) is 7.74. The van der Waals surface area contributed by atoms with E-state index in [1.54, 1.807) is 6.21 Å². The Bertz CT molecular complexity index is 722. The second-order valence-electron chi connectivity index (χ2n) is 4.83. The minimum atomic E-state index is 0.499. The van der Waals surface area contributed by atoms with Crippen LogP contribution < -0.4 is 15.5 Å². The molecule has 4 nitrogen and oxygen atoms in total. The summed E-state index contributed by atoms with van der Waals surface area (Å²) in [4.78, 5) is 0. The highest BCUT2D eigenvalue weighted by Crippen LogP contribution is 2.23. The van der Waals surface area contributed by atoms with Gasteiger partial charge in [-0.2, -0.15) is 5.10 Å². The summed E-state index contributed by atoms with van der Waals surface area (Å²) >= 11 is 13.2. The van der Waals surface area contributed by atoms with Crippen LogP contribution >= 0.6 is 46.4 Å². The molecule has 2 aromatic carbocycles. The topological polar surface area (TPSA) is 45.7 Å². The van der Waals surface area contributed by atoms with Crippen molar-refractivity contribution in [2.24, 2.45) is 5.10 Å². The lowest BCUT2D eigenvalue weighted by atomic mass is 10.2. The molecule has 0 aliphatic carbocycles. The van der Waals surface area contributed by atoms with E-state index in [1.165, 1.54) is 0 Å². The minimum absolute atomic E-state index is 0.499. The molecule has 0 unspecified atom stereocenters. The van der Waals surface area contributed by atoms with Gasteiger partial charge >= 0.3 is 0 Å². The van der Waals surface area contributed by atoms with Crippen LogP contribution in [0.15, 0.2) is 47.6 Å². The minimum Gasteiger partial charge on any atom is -0.488 e. The molecular formula is C17H17ClIN3OS. The molecule has 0 fully saturated rings. The van der Waals surface area contributed by atoms with E-state index in [4.69, 9.17) is 28.6 Å². The Morgan fingerprint density at radius 2 is 2.04 bits per heavy atom. The lowest BCUT2D eigenvalue weighted by Crippen LogP contribution is -2.31. The zero-order chi connectivity index (χ0) is 17.4. The molecule has 0 atom stereocenters. The fourth-order valence-electron chi connectivity index (χ4n) is 1.82. The molecule has 0 amide bonds. The lowest BCUT2D eigenvalue weighted by molar-refractivity contribution is 0.304. The molecule has 2 rings (SSSR count). The molecular weight excluding hydrogens is 457 g/mol. The smallest absolute Gasteiger partial charge is 0.186 e. The van der Waals surface area contributed by atoms with Crippen LogP contribution in [0.1, 0.15) is 18.1 Å². The molecule has 0 radical (unpaired) electrons. The standard InChI is InChI=1S/C17H17ClIN3OS/c1-2-20-17(24)22-21-10-13-5-8-16(15(19)9-13)23-11-12-3-6-14(18)7-4-12/h3-10H,2,11H2,1H3,(H2,20,22,24)/b21-10-. The summed E-state index contributed by atoms with van der Waals surface area (Å²) in [6.07, 6.45) is 1.72. The number of halogens is 2. The van der Waals surface area contributed by atoms with Crippen LogP contribution in [-0.2, 0) is 6.61 Å². The van der Waals surface area contributed by atoms with E-state index in [-0.39, 0.29) is 0 Å². The van der Waals surface area contributed by atoms with E-state index in [0.29, 0.717) is 11.7 Å². The third kappa shape index (κ3) is 6.26. The maximum absolute atomic E-state index is 5.88. The highest BCUT2D eigenvalue weighted by Gasteiger charge is 2.03. The summed E-state index contributed by atoms with van der Waals surface area (Å²) in [6.45, 7) is 3.24. The number of rotatable bonds is 6. The quantitative estimate of drug-likeness (QED) is 0.284. The summed E-state index contributed by atoms with van der Waals surface area (Å²) in [5.41, 5.74) is 4.80. The van der Waals surface area contributed by atoms with Gasteiger partial charge in [0.15, 0.2) is 5.11 Å². The van der Waals surface area contributed by atoms with Crippen LogP contribution in [-0.4, -0.2) is 17.9 Å². The van der Waals surface area contributed by atoms with Crippen LogP contribution in [0.2, 0.25) is 5.02 Å². The highest BCUT2D eigenvalue weighted by molar-refractivity contribution is 14.1. The summed E-state index contributed by atoms with van der Waals surface area (Å²) in [7, 11) is 0. The first-order chi connectivity index (χ1) is 11.6. The predicted molar refractivity (Wildman–Crippen MR) is 112 cm³/mol. The number of hydrazone groups is 1. The van der Waals surface area contributed by atoms with Gasteiger partial charge in [0.25, 0.3) is 0 Å². The van der Waals surface area contributed by atoms with Crippen LogP contribution in [0.3, 0.4) is 0 Å². The van der Waals surface area contributed by atoms with Gasteiger partial charge in [0.05, 0.1) is 9.78 Å². The van der Waals surface area contributed by atoms with Crippen molar-refractivity contribution in [3.63, 3.8) is 0 Å². The number of thiocarbonyl (C=S) groups is 1. The Labute approximate surface area is 165 Å². The van der Waals surface area contributed by atoms with Gasteiger partial charge in [0, 0.05) is 11.6 Å². The van der Waals surface area contributed by atoms with Crippen molar-refractivity contribution in [1.29, 1.82) is 0 Å². The number of nitrogens with one attached hydrogen (secondary N) is 2. The average molecular weight is 474 g/mol. The maximum Gasteiger partial charge on any atom is 0.186 e. The van der Waals surface area contributed by atoms with Crippen molar-refractivity contribution in [3.8, 4) is 5.75 Å². The van der Waals surface area contributed by atoms with E-state index in [1.807, 2.05) is 49.4 Å². The van der Waals surface area contributed by atoms with Gasteiger partial charge in [0.2, 0.25) is 0 Å². The van der Waals surface area contributed by atoms with Crippen molar-refractivity contribution in [1.82, 2.24) is 10.7 Å². The Morgan fingerprint density at radius 3 is 2.71 bits per heavy atom. The molecule has 2 N–H and O–H groups in total. The molecule has 0 aliphatic heterocycles. The monoisotopic (exact) mass is 473 g/mol. The van der Waals surface area contributed by atoms with Gasteiger partial charge < -0.3 is 10.1 Å².